The second-order valence-electron chi connectivity index (χ2n) is 6.37. The van der Waals surface area contributed by atoms with Crippen molar-refractivity contribution in [2.24, 2.45) is 5.92 Å². The lowest BCUT2D eigenvalue weighted by Gasteiger charge is -2.28. The van der Waals surface area contributed by atoms with Gasteiger partial charge in [-0.3, -0.25) is 14.5 Å². The largest absolute Gasteiger partial charge is 0.465 e. The van der Waals surface area contributed by atoms with E-state index in [-0.39, 0.29) is 17.7 Å². The molecule has 0 bridgehead atoms. The van der Waals surface area contributed by atoms with Gasteiger partial charge >= 0.3 is 0 Å². The number of rotatable bonds is 7. The molecule has 1 saturated heterocycles. The van der Waals surface area contributed by atoms with Crippen LogP contribution in [0.25, 0.3) is 6.08 Å². The minimum Gasteiger partial charge on any atom is -0.465 e. The quantitative estimate of drug-likeness (QED) is 0.544. The average Bonchev–Trinajstić information content (AvgIpc) is 3.35. The maximum Gasteiger partial charge on any atom is 0.267 e. The molecule has 3 heterocycles. The van der Waals surface area contributed by atoms with Crippen LogP contribution in [0.4, 0.5) is 0 Å². The number of amides is 2. The van der Waals surface area contributed by atoms with Crippen LogP contribution in [-0.2, 0) is 16.0 Å². The number of nitrogens with one attached hydrogen (secondary N) is 2. The van der Waals surface area contributed by atoms with Crippen molar-refractivity contribution in [2.75, 3.05) is 6.54 Å². The number of hydrogen-bond donors (Lipinski definition) is 2. The molecule has 1 aliphatic heterocycles. The highest BCUT2D eigenvalue weighted by Crippen LogP contribution is 2.35. The number of nitrogens with zero attached hydrogens (tertiary/aromatic N) is 2. The van der Waals surface area contributed by atoms with Gasteiger partial charge in [0.1, 0.15) is 16.1 Å². The van der Waals surface area contributed by atoms with E-state index in [1.165, 1.54) is 22.9 Å². The molecular formula is C18H20N4O3S2. The Kier molecular flexibility index (Phi) is 6.12. The first kappa shape index (κ1) is 19.4. The molecule has 142 valence electrons. The van der Waals surface area contributed by atoms with Gasteiger partial charge in [-0.1, -0.05) is 37.8 Å². The first-order valence-electron chi connectivity index (χ1n) is 8.53. The summed E-state index contributed by atoms with van der Waals surface area (Å²) in [6, 6.07) is 2.84. The molecule has 0 spiro atoms. The molecule has 7 nitrogen and oxygen atoms in total. The number of aromatic nitrogens is 2. The molecule has 1 unspecified atom stereocenters. The third-order valence-electron chi connectivity index (χ3n) is 4.07. The monoisotopic (exact) mass is 404 g/mol. The number of imidazole rings is 1. The van der Waals surface area contributed by atoms with E-state index in [1.54, 1.807) is 30.7 Å². The summed E-state index contributed by atoms with van der Waals surface area (Å²) < 4.78 is 5.64. The number of furan rings is 1. The number of thioether (sulfide) groups is 1. The van der Waals surface area contributed by atoms with E-state index in [9.17, 15) is 9.59 Å². The molecule has 1 fully saturated rings. The summed E-state index contributed by atoms with van der Waals surface area (Å²) in [4.78, 5) is 34.4. The molecular weight excluding hydrogens is 384 g/mol. The molecule has 27 heavy (non-hydrogen) atoms. The van der Waals surface area contributed by atoms with Crippen LogP contribution in [0.15, 0.2) is 40.2 Å². The van der Waals surface area contributed by atoms with E-state index >= 15 is 0 Å². The van der Waals surface area contributed by atoms with E-state index in [2.05, 4.69) is 15.3 Å². The zero-order chi connectivity index (χ0) is 19.4. The molecule has 0 saturated carbocycles. The fourth-order valence-corrected chi connectivity index (χ4v) is 4.10. The smallest absolute Gasteiger partial charge is 0.267 e. The maximum atomic E-state index is 12.9. The molecule has 2 aromatic rings. The molecule has 0 aliphatic carbocycles. The first-order chi connectivity index (χ1) is 13.0. The van der Waals surface area contributed by atoms with Crippen molar-refractivity contribution in [3.63, 3.8) is 0 Å². The first-order valence-corrected chi connectivity index (χ1v) is 9.75. The summed E-state index contributed by atoms with van der Waals surface area (Å²) in [5, 5.41) is 2.89. The minimum atomic E-state index is -0.665. The van der Waals surface area contributed by atoms with Crippen LogP contribution >= 0.6 is 24.0 Å². The number of aromatic amines is 1. The zero-order valence-electron chi connectivity index (χ0n) is 15.0. The van der Waals surface area contributed by atoms with Crippen molar-refractivity contribution < 1.29 is 14.0 Å². The Bertz CT molecular complexity index is 844. The SMILES string of the molecule is CC(C)C(C(=O)NCCc1cnc[nH]1)N1C(=O)C(=Cc2ccco2)SC1=S. The standard InChI is InChI=1S/C18H20N4O3S2/c1-11(2)15(16(23)20-6-5-12-9-19-10-21-12)22-17(24)14(27-18(22)26)8-13-4-3-7-25-13/h3-4,7-11,15H,5-6H2,1-2H3,(H,19,21)(H,20,23). The van der Waals surface area contributed by atoms with Crippen LogP contribution < -0.4 is 5.32 Å². The number of hydrogen-bond acceptors (Lipinski definition) is 6. The molecule has 1 aliphatic rings. The molecule has 2 amide bonds. The van der Waals surface area contributed by atoms with E-state index < -0.39 is 6.04 Å². The van der Waals surface area contributed by atoms with Gasteiger partial charge in [0.05, 0.1) is 17.5 Å². The second-order valence-corrected chi connectivity index (χ2v) is 8.05. The van der Waals surface area contributed by atoms with Crippen molar-refractivity contribution >= 4 is 46.2 Å². The molecule has 2 N–H and O–H groups in total. The molecule has 0 aromatic carbocycles. The Morgan fingerprint density at radius 2 is 2.33 bits per heavy atom. The topological polar surface area (TPSA) is 91.2 Å². The van der Waals surface area contributed by atoms with Crippen LogP contribution in [-0.4, -0.2) is 43.6 Å². The minimum absolute atomic E-state index is 0.0948. The van der Waals surface area contributed by atoms with Crippen molar-refractivity contribution in [3.8, 4) is 0 Å². The van der Waals surface area contributed by atoms with Crippen molar-refractivity contribution in [1.82, 2.24) is 20.2 Å². The predicted molar refractivity (Wildman–Crippen MR) is 108 cm³/mol. The maximum absolute atomic E-state index is 12.9. The lowest BCUT2D eigenvalue weighted by molar-refractivity contribution is -0.134. The Labute approximate surface area is 166 Å². The summed E-state index contributed by atoms with van der Waals surface area (Å²) in [5.74, 6) is -0.0212. The van der Waals surface area contributed by atoms with Gasteiger partial charge in [0, 0.05) is 30.9 Å². The highest BCUT2D eigenvalue weighted by atomic mass is 32.2. The summed E-state index contributed by atoms with van der Waals surface area (Å²) in [7, 11) is 0. The third kappa shape index (κ3) is 4.48. The van der Waals surface area contributed by atoms with Crippen molar-refractivity contribution in [2.45, 2.75) is 26.3 Å². The molecule has 0 radical (unpaired) electrons. The normalized spacial score (nSPS) is 17.1. The van der Waals surface area contributed by atoms with Gasteiger partial charge in [0.2, 0.25) is 5.91 Å². The number of carbonyl (C=O) groups is 2. The highest BCUT2D eigenvalue weighted by Gasteiger charge is 2.41. The second kappa shape index (κ2) is 8.53. The van der Waals surface area contributed by atoms with Crippen LogP contribution in [0.5, 0.6) is 0 Å². The highest BCUT2D eigenvalue weighted by molar-refractivity contribution is 8.26. The van der Waals surface area contributed by atoms with Gasteiger partial charge in [0.15, 0.2) is 0 Å². The van der Waals surface area contributed by atoms with Crippen LogP contribution in [0, 0.1) is 5.92 Å². The summed E-state index contributed by atoms with van der Waals surface area (Å²) >= 11 is 6.57. The lowest BCUT2D eigenvalue weighted by Crippen LogP contribution is -2.51. The van der Waals surface area contributed by atoms with Gasteiger partial charge in [0.25, 0.3) is 5.91 Å². The van der Waals surface area contributed by atoms with Crippen molar-refractivity contribution in [3.05, 3.63) is 47.3 Å². The van der Waals surface area contributed by atoms with Crippen LogP contribution in [0.1, 0.15) is 25.3 Å². The Morgan fingerprint density at radius 1 is 1.52 bits per heavy atom. The van der Waals surface area contributed by atoms with Gasteiger partial charge in [-0.05, 0) is 18.1 Å². The predicted octanol–water partition coefficient (Wildman–Crippen LogP) is 2.59. The fourth-order valence-electron chi connectivity index (χ4n) is 2.79. The number of thiocarbonyl (C=S) groups is 1. The summed E-state index contributed by atoms with van der Waals surface area (Å²) in [6.07, 6.45) is 7.13. The lowest BCUT2D eigenvalue weighted by atomic mass is 10.0. The van der Waals surface area contributed by atoms with Gasteiger partial charge in [-0.2, -0.15) is 0 Å². The Hall–Kier alpha value is -2.39. The van der Waals surface area contributed by atoms with Crippen LogP contribution in [0.2, 0.25) is 0 Å². The number of H-pyrrole nitrogens is 1. The molecule has 9 heteroatoms. The van der Waals surface area contributed by atoms with Crippen LogP contribution in [0.3, 0.4) is 0 Å². The van der Waals surface area contributed by atoms with E-state index in [0.29, 0.717) is 28.0 Å². The Balaban J connectivity index is 1.70. The van der Waals surface area contributed by atoms with Gasteiger partial charge in [-0.15, -0.1) is 0 Å². The number of carbonyl (C=O) groups excluding carboxylic acids is 2. The summed E-state index contributed by atoms with van der Waals surface area (Å²) in [6.45, 7) is 4.24. The molecule has 1 atom stereocenters. The van der Waals surface area contributed by atoms with Crippen molar-refractivity contribution in [1.29, 1.82) is 0 Å². The molecule has 2 aromatic heterocycles. The van der Waals surface area contributed by atoms with Gasteiger partial charge in [-0.25, -0.2) is 4.98 Å². The summed E-state index contributed by atoms with van der Waals surface area (Å²) in [5.41, 5.74) is 0.934. The van der Waals surface area contributed by atoms with E-state index in [0.717, 1.165) is 5.69 Å². The zero-order valence-corrected chi connectivity index (χ0v) is 16.6. The van der Waals surface area contributed by atoms with Gasteiger partial charge < -0.3 is 14.7 Å². The third-order valence-corrected chi connectivity index (χ3v) is 5.40. The Morgan fingerprint density at radius 3 is 2.96 bits per heavy atom. The molecule has 3 rings (SSSR count). The average molecular weight is 405 g/mol. The van der Waals surface area contributed by atoms with E-state index in [1.807, 2.05) is 13.8 Å². The fraction of sp³-hybridized carbons (Fsp3) is 0.333. The van der Waals surface area contributed by atoms with E-state index in [4.69, 9.17) is 16.6 Å².